The Hall–Kier alpha value is -0.0800. The number of rotatable bonds is 1. The molecule has 100 valence electrons. The Bertz CT molecular complexity index is 252. The van der Waals surface area contributed by atoms with Gasteiger partial charge in [-0.15, -0.1) is 0 Å². The van der Waals surface area contributed by atoms with Crippen molar-refractivity contribution in [3.8, 4) is 0 Å². The third kappa shape index (κ3) is 3.23. The Kier molecular flexibility index (Phi) is 3.84. The molecule has 2 heteroatoms. The quantitative estimate of drug-likeness (QED) is 0.761. The molecule has 0 amide bonds. The van der Waals surface area contributed by atoms with Gasteiger partial charge in [-0.05, 0) is 42.9 Å². The maximum Gasteiger partial charge on any atom is 0.0252 e. The number of piperidine rings is 1. The molecule has 4 atom stereocenters. The van der Waals surface area contributed by atoms with Gasteiger partial charge in [-0.2, -0.15) is 0 Å². The molecule has 2 fully saturated rings. The van der Waals surface area contributed by atoms with Crippen LogP contribution in [-0.2, 0) is 0 Å². The molecular weight excluding hydrogens is 208 g/mol. The van der Waals surface area contributed by atoms with Crippen LogP contribution in [0.4, 0.5) is 0 Å². The van der Waals surface area contributed by atoms with Crippen LogP contribution in [0.25, 0.3) is 0 Å². The average Bonchev–Trinajstić information content (AvgIpc) is 2.20. The van der Waals surface area contributed by atoms with Gasteiger partial charge in [0.2, 0.25) is 0 Å². The lowest BCUT2D eigenvalue weighted by molar-refractivity contribution is 0.0321. The monoisotopic (exact) mass is 238 g/mol. The van der Waals surface area contributed by atoms with E-state index in [-0.39, 0.29) is 0 Å². The van der Waals surface area contributed by atoms with Crippen LogP contribution in [0.5, 0.6) is 0 Å². The van der Waals surface area contributed by atoms with E-state index in [2.05, 4.69) is 32.6 Å². The van der Waals surface area contributed by atoms with E-state index in [4.69, 9.17) is 5.73 Å². The predicted octanol–water partition coefficient (Wildman–Crippen LogP) is 2.87. The molecule has 2 aliphatic rings. The summed E-state index contributed by atoms with van der Waals surface area (Å²) in [7, 11) is 0. The third-order valence-corrected chi connectivity index (χ3v) is 4.78. The molecule has 2 N–H and O–H groups in total. The molecule has 1 aliphatic carbocycles. The first kappa shape index (κ1) is 13.4. The summed E-state index contributed by atoms with van der Waals surface area (Å²) in [6.07, 6.45) is 5.18. The van der Waals surface area contributed by atoms with Crippen molar-refractivity contribution >= 4 is 0 Å². The first-order valence-corrected chi connectivity index (χ1v) is 7.37. The zero-order chi connectivity index (χ0) is 12.6. The van der Waals surface area contributed by atoms with Gasteiger partial charge in [-0.25, -0.2) is 0 Å². The maximum absolute atomic E-state index is 6.38. The summed E-state index contributed by atoms with van der Waals surface area (Å²) in [5.74, 6) is 1.69. The van der Waals surface area contributed by atoms with Crippen molar-refractivity contribution < 1.29 is 0 Å². The van der Waals surface area contributed by atoms with Crippen LogP contribution in [0.1, 0.15) is 53.4 Å². The van der Waals surface area contributed by atoms with E-state index in [1.165, 1.54) is 38.8 Å². The molecule has 0 aromatic heterocycles. The summed E-state index contributed by atoms with van der Waals surface area (Å²) in [5.41, 5.74) is 6.87. The number of hydrogen-bond donors (Lipinski definition) is 1. The van der Waals surface area contributed by atoms with Crippen LogP contribution in [-0.4, -0.2) is 30.1 Å². The number of likely N-dealkylation sites (tertiary alicyclic amines) is 1. The fraction of sp³-hybridized carbons (Fsp3) is 1.00. The molecule has 0 radical (unpaired) electrons. The van der Waals surface area contributed by atoms with Crippen molar-refractivity contribution in [3.63, 3.8) is 0 Å². The number of nitrogens with two attached hydrogens (primary N) is 1. The third-order valence-electron chi connectivity index (χ3n) is 4.78. The Morgan fingerprint density at radius 3 is 2.29 bits per heavy atom. The zero-order valence-electron chi connectivity index (χ0n) is 12.1. The summed E-state index contributed by atoms with van der Waals surface area (Å²) < 4.78 is 0. The molecule has 1 aliphatic heterocycles. The smallest absolute Gasteiger partial charge is 0.0252 e. The molecule has 1 saturated heterocycles. The SMILES string of the molecule is CC1CC(C)CN(C2CC(C)(C)CCC2N)C1. The Balaban J connectivity index is 2.04. The highest BCUT2D eigenvalue weighted by atomic mass is 15.2. The van der Waals surface area contributed by atoms with E-state index in [0.29, 0.717) is 17.5 Å². The van der Waals surface area contributed by atoms with Gasteiger partial charge >= 0.3 is 0 Å². The highest BCUT2D eigenvalue weighted by Crippen LogP contribution is 2.38. The molecule has 1 heterocycles. The van der Waals surface area contributed by atoms with E-state index < -0.39 is 0 Å². The Morgan fingerprint density at radius 2 is 1.71 bits per heavy atom. The first-order valence-electron chi connectivity index (χ1n) is 7.37. The normalized spacial score (nSPS) is 43.6. The molecule has 0 spiro atoms. The van der Waals surface area contributed by atoms with Crippen LogP contribution in [0.2, 0.25) is 0 Å². The predicted molar refractivity (Wildman–Crippen MR) is 73.9 cm³/mol. The lowest BCUT2D eigenvalue weighted by Gasteiger charge is -2.48. The van der Waals surface area contributed by atoms with Crippen molar-refractivity contribution in [1.82, 2.24) is 4.90 Å². The van der Waals surface area contributed by atoms with E-state index in [1.54, 1.807) is 0 Å². The summed E-state index contributed by atoms with van der Waals surface area (Å²) in [4.78, 5) is 2.70. The Morgan fingerprint density at radius 1 is 1.12 bits per heavy atom. The van der Waals surface area contributed by atoms with Crippen LogP contribution >= 0.6 is 0 Å². The van der Waals surface area contributed by atoms with Crippen molar-refractivity contribution in [2.75, 3.05) is 13.1 Å². The fourth-order valence-corrected chi connectivity index (χ4v) is 3.95. The Labute approximate surface area is 107 Å². The van der Waals surface area contributed by atoms with Gasteiger partial charge in [0.1, 0.15) is 0 Å². The second-order valence-corrected chi connectivity index (χ2v) is 7.54. The van der Waals surface area contributed by atoms with Crippen molar-refractivity contribution in [2.24, 2.45) is 23.0 Å². The van der Waals surface area contributed by atoms with E-state index in [1.807, 2.05) is 0 Å². The summed E-state index contributed by atoms with van der Waals surface area (Å²) in [5, 5.41) is 0. The largest absolute Gasteiger partial charge is 0.326 e. The molecule has 0 aromatic carbocycles. The molecule has 4 unspecified atom stereocenters. The second-order valence-electron chi connectivity index (χ2n) is 7.54. The molecule has 0 aromatic rings. The van der Waals surface area contributed by atoms with Gasteiger partial charge in [-0.1, -0.05) is 27.7 Å². The van der Waals surface area contributed by atoms with Gasteiger partial charge in [-0.3, -0.25) is 4.90 Å². The highest BCUT2D eigenvalue weighted by molar-refractivity contribution is 4.94. The van der Waals surface area contributed by atoms with Crippen molar-refractivity contribution in [2.45, 2.75) is 65.5 Å². The van der Waals surface area contributed by atoms with Crippen LogP contribution in [0.3, 0.4) is 0 Å². The molecule has 17 heavy (non-hydrogen) atoms. The summed E-state index contributed by atoms with van der Waals surface area (Å²) in [6, 6.07) is 1.03. The van der Waals surface area contributed by atoms with Crippen molar-refractivity contribution in [1.29, 1.82) is 0 Å². The van der Waals surface area contributed by atoms with Gasteiger partial charge in [0.15, 0.2) is 0 Å². The molecule has 0 bridgehead atoms. The van der Waals surface area contributed by atoms with Gasteiger partial charge in [0.05, 0.1) is 0 Å². The summed E-state index contributed by atoms with van der Waals surface area (Å²) >= 11 is 0. The average molecular weight is 238 g/mol. The topological polar surface area (TPSA) is 29.3 Å². The summed E-state index contributed by atoms with van der Waals surface area (Å²) in [6.45, 7) is 12.1. The maximum atomic E-state index is 6.38. The second kappa shape index (κ2) is 4.89. The van der Waals surface area contributed by atoms with E-state index in [9.17, 15) is 0 Å². The molecule has 1 saturated carbocycles. The number of nitrogens with zero attached hydrogens (tertiary/aromatic N) is 1. The van der Waals surface area contributed by atoms with Gasteiger partial charge in [0, 0.05) is 25.2 Å². The van der Waals surface area contributed by atoms with Crippen LogP contribution in [0, 0.1) is 17.3 Å². The van der Waals surface area contributed by atoms with Gasteiger partial charge in [0.25, 0.3) is 0 Å². The first-order chi connectivity index (χ1) is 7.87. The minimum Gasteiger partial charge on any atom is -0.326 e. The van der Waals surface area contributed by atoms with E-state index >= 15 is 0 Å². The highest BCUT2D eigenvalue weighted by Gasteiger charge is 2.38. The zero-order valence-corrected chi connectivity index (χ0v) is 12.1. The molecule has 2 nitrogen and oxygen atoms in total. The van der Waals surface area contributed by atoms with Crippen LogP contribution in [0.15, 0.2) is 0 Å². The van der Waals surface area contributed by atoms with E-state index in [0.717, 1.165) is 11.8 Å². The number of hydrogen-bond acceptors (Lipinski definition) is 2. The van der Waals surface area contributed by atoms with Crippen molar-refractivity contribution in [3.05, 3.63) is 0 Å². The molecule has 2 rings (SSSR count). The lowest BCUT2D eigenvalue weighted by atomic mass is 9.72. The van der Waals surface area contributed by atoms with Gasteiger partial charge < -0.3 is 5.73 Å². The molecular formula is C15H30N2. The lowest BCUT2D eigenvalue weighted by Crippen LogP contribution is -2.56. The minimum atomic E-state index is 0.403. The standard InChI is InChI=1S/C15H30N2/c1-11-7-12(2)10-17(9-11)14-8-15(3,4)6-5-13(14)16/h11-14H,5-10,16H2,1-4H3. The minimum absolute atomic E-state index is 0.403. The fourth-order valence-electron chi connectivity index (χ4n) is 3.95. The van der Waals surface area contributed by atoms with Crippen LogP contribution < -0.4 is 5.73 Å².